The Morgan fingerprint density at radius 3 is 2.60 bits per heavy atom. The molecule has 1 aliphatic rings. The molecule has 1 fully saturated rings. The number of amides is 1. The average molecular weight is 362 g/mol. The highest BCUT2D eigenvalue weighted by Crippen LogP contribution is 2.19. The zero-order chi connectivity index (χ0) is 13.8. The molecule has 1 heterocycles. The largest absolute Gasteiger partial charge is 0.353 e. The van der Waals surface area contributed by atoms with Gasteiger partial charge in [-0.2, -0.15) is 0 Å². The van der Waals surface area contributed by atoms with E-state index >= 15 is 0 Å². The first-order chi connectivity index (χ1) is 9.08. The second-order valence-corrected chi connectivity index (χ2v) is 6.27. The van der Waals surface area contributed by atoms with Gasteiger partial charge in [0.2, 0.25) is 5.91 Å². The maximum absolute atomic E-state index is 12.1. The van der Waals surface area contributed by atoms with E-state index in [0.717, 1.165) is 24.0 Å². The first-order valence-corrected chi connectivity index (χ1v) is 7.61. The van der Waals surface area contributed by atoms with Crippen molar-refractivity contribution in [1.82, 2.24) is 10.6 Å². The summed E-state index contributed by atoms with van der Waals surface area (Å²) in [4.78, 5) is 12.1. The molecule has 1 amide bonds. The Labute approximate surface area is 135 Å². The van der Waals surface area contributed by atoms with Gasteiger partial charge < -0.3 is 10.6 Å². The van der Waals surface area contributed by atoms with E-state index in [0.29, 0.717) is 5.92 Å². The summed E-state index contributed by atoms with van der Waals surface area (Å²) in [7, 11) is 0. The average Bonchev–Trinajstić information content (AvgIpc) is 2.29. The fourth-order valence-electron chi connectivity index (χ4n) is 2.30. The molecule has 0 saturated carbocycles. The molecule has 1 aromatic carbocycles. The highest BCUT2D eigenvalue weighted by Gasteiger charge is 2.29. The summed E-state index contributed by atoms with van der Waals surface area (Å²) in [5, 5.41) is 6.33. The number of nitrogens with one attached hydrogen (secondary N) is 2. The van der Waals surface area contributed by atoms with Crippen LogP contribution in [0.2, 0.25) is 0 Å². The second kappa shape index (κ2) is 8.01. The lowest BCUT2D eigenvalue weighted by Gasteiger charge is -2.32. The van der Waals surface area contributed by atoms with Crippen LogP contribution in [0, 0.1) is 11.8 Å². The Morgan fingerprint density at radius 2 is 2.05 bits per heavy atom. The van der Waals surface area contributed by atoms with Gasteiger partial charge in [0.1, 0.15) is 0 Å². The van der Waals surface area contributed by atoms with Gasteiger partial charge in [-0.25, -0.2) is 0 Å². The Morgan fingerprint density at radius 1 is 1.40 bits per heavy atom. The molecule has 2 atom stereocenters. The third kappa shape index (κ3) is 4.47. The van der Waals surface area contributed by atoms with Crippen molar-refractivity contribution in [1.29, 1.82) is 0 Å². The third-order valence-corrected chi connectivity index (χ3v) is 4.58. The summed E-state index contributed by atoms with van der Waals surface area (Å²) in [6.45, 7) is 6.01. The van der Waals surface area contributed by atoms with Crippen LogP contribution in [-0.2, 0) is 11.2 Å². The fraction of sp³-hybridized carbons (Fsp3) is 0.533. The van der Waals surface area contributed by atoms with Gasteiger partial charge in [-0.15, -0.1) is 12.4 Å². The number of carbonyl (C=O) groups is 1. The summed E-state index contributed by atoms with van der Waals surface area (Å²) in [5.41, 5.74) is 1.23. The minimum absolute atomic E-state index is 0. The third-order valence-electron chi connectivity index (χ3n) is 3.81. The van der Waals surface area contributed by atoms with Crippen molar-refractivity contribution >= 4 is 34.2 Å². The Hall–Kier alpha value is -0.580. The lowest BCUT2D eigenvalue weighted by Crippen LogP contribution is -2.50. The normalized spacial score (nSPS) is 17.6. The quantitative estimate of drug-likeness (QED) is 0.847. The summed E-state index contributed by atoms with van der Waals surface area (Å²) < 4.78 is 1.10. The lowest BCUT2D eigenvalue weighted by atomic mass is 9.88. The van der Waals surface area contributed by atoms with E-state index in [1.165, 1.54) is 5.56 Å². The number of rotatable bonds is 5. The zero-order valence-corrected chi connectivity index (χ0v) is 14.3. The molecule has 1 saturated heterocycles. The number of hydrogen-bond acceptors (Lipinski definition) is 2. The summed E-state index contributed by atoms with van der Waals surface area (Å²) in [5.74, 6) is 0.768. The van der Waals surface area contributed by atoms with Crippen LogP contribution in [0.15, 0.2) is 28.7 Å². The van der Waals surface area contributed by atoms with Gasteiger partial charge in [-0.05, 0) is 44.0 Å². The van der Waals surface area contributed by atoms with Crippen molar-refractivity contribution in [3.63, 3.8) is 0 Å². The SMILES string of the molecule is CC(Cc1ccccc1Br)NC(=O)C(C)C1CNC1.Cl. The van der Waals surface area contributed by atoms with Gasteiger partial charge in [0, 0.05) is 16.4 Å². The van der Waals surface area contributed by atoms with Gasteiger partial charge in [-0.1, -0.05) is 41.1 Å². The van der Waals surface area contributed by atoms with E-state index in [4.69, 9.17) is 0 Å². The molecule has 2 rings (SSSR count). The standard InChI is InChI=1S/C15H21BrN2O.ClH/c1-10(7-12-5-3-4-6-14(12)16)18-15(19)11(2)13-8-17-9-13;/h3-6,10-11,13,17H,7-9H2,1-2H3,(H,18,19);1H. The van der Waals surface area contributed by atoms with Crippen molar-refractivity contribution < 1.29 is 4.79 Å². The van der Waals surface area contributed by atoms with Crippen LogP contribution in [0.3, 0.4) is 0 Å². The smallest absolute Gasteiger partial charge is 0.223 e. The number of benzene rings is 1. The Kier molecular flexibility index (Phi) is 7.00. The number of carbonyl (C=O) groups excluding carboxylic acids is 1. The Balaban J connectivity index is 0.00000200. The molecule has 0 aliphatic carbocycles. The zero-order valence-electron chi connectivity index (χ0n) is 11.9. The van der Waals surface area contributed by atoms with E-state index in [2.05, 4.69) is 39.6 Å². The van der Waals surface area contributed by atoms with E-state index < -0.39 is 0 Å². The van der Waals surface area contributed by atoms with Gasteiger partial charge in [0.25, 0.3) is 0 Å². The predicted molar refractivity (Wildman–Crippen MR) is 88.2 cm³/mol. The van der Waals surface area contributed by atoms with Crippen LogP contribution in [0.25, 0.3) is 0 Å². The van der Waals surface area contributed by atoms with E-state index in [1.54, 1.807) is 0 Å². The molecular formula is C15H22BrClN2O. The van der Waals surface area contributed by atoms with E-state index in [1.807, 2.05) is 25.1 Å². The van der Waals surface area contributed by atoms with E-state index in [-0.39, 0.29) is 30.3 Å². The Bertz CT molecular complexity index is 451. The van der Waals surface area contributed by atoms with Gasteiger partial charge in [0.15, 0.2) is 0 Å². The van der Waals surface area contributed by atoms with Crippen molar-refractivity contribution in [2.45, 2.75) is 26.3 Å². The molecule has 0 bridgehead atoms. The molecule has 0 aromatic heterocycles. The molecule has 20 heavy (non-hydrogen) atoms. The van der Waals surface area contributed by atoms with Crippen LogP contribution < -0.4 is 10.6 Å². The van der Waals surface area contributed by atoms with Crippen molar-refractivity contribution in [3.05, 3.63) is 34.3 Å². The number of halogens is 2. The molecule has 0 spiro atoms. The van der Waals surface area contributed by atoms with Crippen molar-refractivity contribution in [2.75, 3.05) is 13.1 Å². The van der Waals surface area contributed by atoms with Crippen LogP contribution in [-0.4, -0.2) is 25.0 Å². The number of hydrogen-bond donors (Lipinski definition) is 2. The second-order valence-electron chi connectivity index (χ2n) is 5.41. The first kappa shape index (κ1) is 17.5. The van der Waals surface area contributed by atoms with Crippen LogP contribution in [0.4, 0.5) is 0 Å². The summed E-state index contributed by atoms with van der Waals surface area (Å²) >= 11 is 3.54. The van der Waals surface area contributed by atoms with Crippen LogP contribution >= 0.6 is 28.3 Å². The monoisotopic (exact) mass is 360 g/mol. The van der Waals surface area contributed by atoms with E-state index in [9.17, 15) is 4.79 Å². The van der Waals surface area contributed by atoms with Crippen LogP contribution in [0.1, 0.15) is 19.4 Å². The van der Waals surface area contributed by atoms with Crippen LogP contribution in [0.5, 0.6) is 0 Å². The molecule has 2 unspecified atom stereocenters. The predicted octanol–water partition coefficient (Wildman–Crippen LogP) is 2.77. The first-order valence-electron chi connectivity index (χ1n) is 6.82. The molecule has 5 heteroatoms. The summed E-state index contributed by atoms with van der Waals surface area (Å²) in [6.07, 6.45) is 0.850. The van der Waals surface area contributed by atoms with Gasteiger partial charge >= 0.3 is 0 Å². The molecule has 2 N–H and O–H groups in total. The molecular weight excluding hydrogens is 340 g/mol. The highest BCUT2D eigenvalue weighted by atomic mass is 79.9. The molecule has 1 aliphatic heterocycles. The maximum atomic E-state index is 12.1. The molecule has 0 radical (unpaired) electrons. The highest BCUT2D eigenvalue weighted by molar-refractivity contribution is 9.10. The lowest BCUT2D eigenvalue weighted by molar-refractivity contribution is -0.127. The van der Waals surface area contributed by atoms with Crippen molar-refractivity contribution in [2.24, 2.45) is 11.8 Å². The van der Waals surface area contributed by atoms with Gasteiger partial charge in [0.05, 0.1) is 0 Å². The molecule has 112 valence electrons. The van der Waals surface area contributed by atoms with Crippen molar-refractivity contribution in [3.8, 4) is 0 Å². The maximum Gasteiger partial charge on any atom is 0.223 e. The topological polar surface area (TPSA) is 41.1 Å². The minimum atomic E-state index is 0. The summed E-state index contributed by atoms with van der Waals surface area (Å²) in [6, 6.07) is 8.31. The van der Waals surface area contributed by atoms with Gasteiger partial charge in [-0.3, -0.25) is 4.79 Å². The molecule has 1 aromatic rings. The molecule has 3 nitrogen and oxygen atoms in total. The fourth-order valence-corrected chi connectivity index (χ4v) is 2.74. The minimum Gasteiger partial charge on any atom is -0.353 e.